The zero-order valence-electron chi connectivity index (χ0n) is 18.6. The van der Waals surface area contributed by atoms with Gasteiger partial charge < -0.3 is 14.6 Å². The molecule has 1 amide bonds. The van der Waals surface area contributed by atoms with Gasteiger partial charge in [0.1, 0.15) is 24.0 Å². The summed E-state index contributed by atoms with van der Waals surface area (Å²) < 4.78 is 7.94. The number of nitriles is 1. The minimum absolute atomic E-state index is 0.138. The topological polar surface area (TPSA) is 67.0 Å². The number of halogens is 1. The number of benzene rings is 2. The zero-order chi connectivity index (χ0) is 23.0. The molecule has 0 aliphatic heterocycles. The van der Waals surface area contributed by atoms with Crippen molar-refractivity contribution in [1.82, 2.24) is 9.88 Å². The lowest BCUT2D eigenvalue weighted by Crippen LogP contribution is -2.35. The Balaban J connectivity index is 1.50. The Morgan fingerprint density at radius 2 is 1.85 bits per heavy atom. The van der Waals surface area contributed by atoms with Crippen molar-refractivity contribution in [2.45, 2.75) is 51.1 Å². The van der Waals surface area contributed by atoms with E-state index in [4.69, 9.17) is 16.3 Å². The smallest absolute Gasteiger partial charge is 0.262 e. The monoisotopic (exact) mass is 461 g/mol. The Morgan fingerprint density at radius 1 is 1.12 bits per heavy atom. The van der Waals surface area contributed by atoms with E-state index in [9.17, 15) is 10.1 Å². The second kappa shape index (κ2) is 11.1. The summed E-state index contributed by atoms with van der Waals surface area (Å²) in [6.07, 6.45) is 10.3. The minimum atomic E-state index is -0.285. The molecule has 0 unspecified atom stereocenters. The van der Waals surface area contributed by atoms with Crippen LogP contribution in [0.3, 0.4) is 0 Å². The SMILES string of the molecule is N#C/C(=C\c1cn(CCOc2ccc(Cl)cc2)c2ccccc12)C(=O)NC1CCCCCC1. The summed E-state index contributed by atoms with van der Waals surface area (Å²) >= 11 is 5.93. The van der Waals surface area contributed by atoms with Gasteiger partial charge in [-0.05, 0) is 49.2 Å². The van der Waals surface area contributed by atoms with E-state index in [0.717, 1.165) is 47.9 Å². The van der Waals surface area contributed by atoms with Crippen molar-refractivity contribution in [3.63, 3.8) is 0 Å². The first-order valence-corrected chi connectivity index (χ1v) is 11.9. The molecular formula is C27H28ClN3O2. The predicted molar refractivity (Wildman–Crippen MR) is 132 cm³/mol. The third-order valence-corrected chi connectivity index (χ3v) is 6.34. The van der Waals surface area contributed by atoms with Gasteiger partial charge in [-0.3, -0.25) is 4.79 Å². The van der Waals surface area contributed by atoms with E-state index in [2.05, 4.69) is 16.0 Å². The number of aromatic nitrogens is 1. The molecule has 0 spiro atoms. The van der Waals surface area contributed by atoms with Gasteiger partial charge in [0.2, 0.25) is 0 Å². The predicted octanol–water partition coefficient (Wildman–Crippen LogP) is 6.12. The van der Waals surface area contributed by atoms with Crippen LogP contribution in [0.2, 0.25) is 5.02 Å². The van der Waals surface area contributed by atoms with Gasteiger partial charge in [0.15, 0.2) is 0 Å². The van der Waals surface area contributed by atoms with Crippen molar-refractivity contribution < 1.29 is 9.53 Å². The van der Waals surface area contributed by atoms with E-state index in [1.165, 1.54) is 12.8 Å². The van der Waals surface area contributed by atoms with Crippen LogP contribution in [0.4, 0.5) is 0 Å². The molecule has 0 saturated heterocycles. The molecule has 5 nitrogen and oxygen atoms in total. The van der Waals surface area contributed by atoms with Gasteiger partial charge in [-0.15, -0.1) is 0 Å². The molecule has 3 aromatic rings. The number of rotatable bonds is 7. The Hall–Kier alpha value is -3.23. The van der Waals surface area contributed by atoms with Gasteiger partial charge >= 0.3 is 0 Å². The first-order valence-electron chi connectivity index (χ1n) is 11.5. The van der Waals surface area contributed by atoms with E-state index in [1.807, 2.05) is 42.6 Å². The second-order valence-electron chi connectivity index (χ2n) is 8.43. The maximum atomic E-state index is 12.8. The van der Waals surface area contributed by atoms with Crippen LogP contribution in [0.5, 0.6) is 5.75 Å². The molecule has 1 aromatic heterocycles. The summed E-state index contributed by atoms with van der Waals surface area (Å²) in [6.45, 7) is 1.11. The number of carbonyl (C=O) groups excluding carboxylic acids is 1. The largest absolute Gasteiger partial charge is 0.492 e. The standard InChI is InChI=1S/C27H28ClN3O2/c28-22-11-13-24(14-12-22)33-16-15-31-19-21(25-9-5-6-10-26(25)31)17-20(18-29)27(32)30-23-7-3-1-2-4-8-23/h5-6,9-14,17,19,23H,1-4,7-8,15-16H2,(H,30,32)/b20-17+. The van der Waals surface area contributed by atoms with Crippen molar-refractivity contribution >= 4 is 34.5 Å². The fourth-order valence-electron chi connectivity index (χ4n) is 4.36. The molecule has 1 aliphatic carbocycles. The van der Waals surface area contributed by atoms with Crippen molar-refractivity contribution in [2.24, 2.45) is 0 Å². The third-order valence-electron chi connectivity index (χ3n) is 6.09. The molecule has 0 bridgehead atoms. The van der Waals surface area contributed by atoms with Crippen molar-refractivity contribution in [3.8, 4) is 11.8 Å². The number of hydrogen-bond acceptors (Lipinski definition) is 3. The maximum absolute atomic E-state index is 12.8. The first-order chi connectivity index (χ1) is 16.1. The highest BCUT2D eigenvalue weighted by atomic mass is 35.5. The average Bonchev–Trinajstić information content (AvgIpc) is 2.98. The zero-order valence-corrected chi connectivity index (χ0v) is 19.4. The summed E-state index contributed by atoms with van der Waals surface area (Å²) in [5.74, 6) is 0.477. The number of hydrogen-bond donors (Lipinski definition) is 1. The lowest BCUT2D eigenvalue weighted by Gasteiger charge is -2.15. The van der Waals surface area contributed by atoms with Gasteiger partial charge in [0.25, 0.3) is 5.91 Å². The van der Waals surface area contributed by atoms with Crippen LogP contribution < -0.4 is 10.1 Å². The molecule has 4 rings (SSSR count). The quantitative estimate of drug-likeness (QED) is 0.262. The van der Waals surface area contributed by atoms with E-state index < -0.39 is 0 Å². The van der Waals surface area contributed by atoms with Crippen LogP contribution in [0.25, 0.3) is 17.0 Å². The Bertz CT molecular complexity index is 1170. The maximum Gasteiger partial charge on any atom is 0.262 e. The number of carbonyl (C=O) groups is 1. The van der Waals surface area contributed by atoms with Gasteiger partial charge in [-0.2, -0.15) is 5.26 Å². The molecule has 1 saturated carbocycles. The molecule has 1 aliphatic rings. The molecule has 1 heterocycles. The Kier molecular flexibility index (Phi) is 7.70. The molecule has 0 atom stereocenters. The Labute approximate surface area is 199 Å². The summed E-state index contributed by atoms with van der Waals surface area (Å²) in [6, 6.07) is 17.5. The first kappa shape index (κ1) is 22.9. The minimum Gasteiger partial charge on any atom is -0.492 e. The van der Waals surface area contributed by atoms with Crippen LogP contribution in [-0.4, -0.2) is 23.1 Å². The summed E-state index contributed by atoms with van der Waals surface area (Å²) in [4.78, 5) is 12.8. The van der Waals surface area contributed by atoms with E-state index in [0.29, 0.717) is 18.2 Å². The van der Waals surface area contributed by atoms with Crippen LogP contribution in [0.15, 0.2) is 60.3 Å². The van der Waals surface area contributed by atoms with Crippen molar-refractivity contribution in [2.75, 3.05) is 6.61 Å². The average molecular weight is 462 g/mol. The molecule has 33 heavy (non-hydrogen) atoms. The number of fused-ring (bicyclic) bond motifs is 1. The van der Waals surface area contributed by atoms with E-state index >= 15 is 0 Å². The number of amides is 1. The highest BCUT2D eigenvalue weighted by Gasteiger charge is 2.18. The van der Waals surface area contributed by atoms with Crippen LogP contribution >= 0.6 is 11.6 Å². The van der Waals surface area contributed by atoms with Gasteiger partial charge in [0, 0.05) is 33.7 Å². The molecule has 6 heteroatoms. The summed E-state index contributed by atoms with van der Waals surface area (Å²) in [7, 11) is 0. The summed E-state index contributed by atoms with van der Waals surface area (Å²) in [5, 5.41) is 14.4. The third kappa shape index (κ3) is 5.97. The van der Waals surface area contributed by atoms with E-state index in [1.54, 1.807) is 18.2 Å². The summed E-state index contributed by atoms with van der Waals surface area (Å²) in [5.41, 5.74) is 2.02. The highest BCUT2D eigenvalue weighted by Crippen LogP contribution is 2.24. The van der Waals surface area contributed by atoms with E-state index in [-0.39, 0.29) is 17.5 Å². The molecule has 170 valence electrons. The lowest BCUT2D eigenvalue weighted by molar-refractivity contribution is -0.117. The molecule has 2 aromatic carbocycles. The van der Waals surface area contributed by atoms with Crippen molar-refractivity contribution in [3.05, 3.63) is 70.9 Å². The number of nitrogens with one attached hydrogen (secondary N) is 1. The number of para-hydroxylation sites is 1. The molecule has 0 radical (unpaired) electrons. The number of ether oxygens (including phenoxy) is 1. The normalized spacial score (nSPS) is 15.1. The Morgan fingerprint density at radius 3 is 2.58 bits per heavy atom. The van der Waals surface area contributed by atoms with Crippen LogP contribution in [-0.2, 0) is 11.3 Å². The molecule has 1 fully saturated rings. The van der Waals surface area contributed by atoms with Crippen LogP contribution in [0, 0.1) is 11.3 Å². The van der Waals surface area contributed by atoms with Gasteiger partial charge in [-0.25, -0.2) is 0 Å². The second-order valence-corrected chi connectivity index (χ2v) is 8.87. The lowest BCUT2D eigenvalue weighted by atomic mass is 10.1. The van der Waals surface area contributed by atoms with Gasteiger partial charge in [-0.1, -0.05) is 55.5 Å². The molecule has 1 N–H and O–H groups in total. The fourth-order valence-corrected chi connectivity index (χ4v) is 4.48. The molecular weight excluding hydrogens is 434 g/mol. The van der Waals surface area contributed by atoms with Crippen LogP contribution in [0.1, 0.15) is 44.1 Å². The fraction of sp³-hybridized carbons (Fsp3) is 0.333. The highest BCUT2D eigenvalue weighted by molar-refractivity contribution is 6.30. The number of nitrogens with zero attached hydrogens (tertiary/aromatic N) is 2. The van der Waals surface area contributed by atoms with Gasteiger partial charge in [0.05, 0.1) is 6.54 Å². The van der Waals surface area contributed by atoms with Crippen molar-refractivity contribution in [1.29, 1.82) is 5.26 Å².